The minimum absolute atomic E-state index is 0.0742. The third-order valence-electron chi connectivity index (χ3n) is 3.67. The largest absolute Gasteiger partial charge is 0.477 e. The van der Waals surface area contributed by atoms with Crippen LogP contribution in [-0.2, 0) is 10.3 Å². The first-order valence-electron chi connectivity index (χ1n) is 7.76. The molecule has 24 heavy (non-hydrogen) atoms. The second kappa shape index (κ2) is 7.32. The lowest BCUT2D eigenvalue weighted by atomic mass is 9.93. The summed E-state index contributed by atoms with van der Waals surface area (Å²) in [6, 6.07) is 1.77. The summed E-state index contributed by atoms with van der Waals surface area (Å²) < 4.78 is 5.75. The van der Waals surface area contributed by atoms with E-state index in [1.807, 2.05) is 13.8 Å². The zero-order valence-corrected chi connectivity index (χ0v) is 15.2. The maximum absolute atomic E-state index is 11.6. The van der Waals surface area contributed by atoms with E-state index in [0.29, 0.717) is 30.5 Å². The number of carbonyl (C=O) groups is 1. The Bertz CT molecular complexity index is 741. The molecule has 0 fully saturated rings. The van der Waals surface area contributed by atoms with Crippen LogP contribution in [0.4, 0.5) is 0 Å². The van der Waals surface area contributed by atoms with Crippen LogP contribution in [0.15, 0.2) is 18.5 Å². The third-order valence-corrected chi connectivity index (χ3v) is 3.88. The van der Waals surface area contributed by atoms with Gasteiger partial charge in [0, 0.05) is 38.4 Å². The van der Waals surface area contributed by atoms with Gasteiger partial charge in [0.25, 0.3) is 0 Å². The lowest BCUT2D eigenvalue weighted by Gasteiger charge is -2.21. The zero-order valence-electron chi connectivity index (χ0n) is 14.5. The molecule has 2 N–H and O–H groups in total. The van der Waals surface area contributed by atoms with Crippen molar-refractivity contribution < 1.29 is 9.53 Å². The van der Waals surface area contributed by atoms with Crippen LogP contribution < -0.4 is 10.5 Å². The van der Waals surface area contributed by atoms with Crippen molar-refractivity contribution in [1.29, 1.82) is 0 Å². The Morgan fingerprint density at radius 3 is 2.62 bits per heavy atom. The highest BCUT2D eigenvalue weighted by molar-refractivity contribution is 6.30. The van der Waals surface area contributed by atoms with Crippen LogP contribution in [0.1, 0.15) is 32.3 Å². The molecule has 0 spiro atoms. The second-order valence-electron chi connectivity index (χ2n) is 6.49. The number of fused-ring (bicyclic) bond motifs is 1. The first-order chi connectivity index (χ1) is 11.2. The van der Waals surface area contributed by atoms with Crippen molar-refractivity contribution >= 4 is 28.3 Å². The van der Waals surface area contributed by atoms with Gasteiger partial charge in [-0.1, -0.05) is 11.6 Å². The molecule has 0 radical (unpaired) electrons. The fourth-order valence-electron chi connectivity index (χ4n) is 2.33. The van der Waals surface area contributed by atoms with E-state index < -0.39 is 5.54 Å². The Labute approximate surface area is 147 Å². The molecule has 0 saturated heterocycles. The molecule has 2 rings (SSSR count). The highest BCUT2D eigenvalue weighted by Gasteiger charge is 2.20. The molecule has 0 bridgehead atoms. The van der Waals surface area contributed by atoms with Gasteiger partial charge in [-0.2, -0.15) is 0 Å². The minimum Gasteiger partial charge on any atom is -0.477 e. The maximum Gasteiger partial charge on any atom is 0.222 e. The van der Waals surface area contributed by atoms with Crippen LogP contribution >= 0.6 is 11.6 Å². The maximum atomic E-state index is 11.6. The van der Waals surface area contributed by atoms with E-state index in [2.05, 4.69) is 9.97 Å². The summed E-state index contributed by atoms with van der Waals surface area (Å²) in [4.78, 5) is 21.6. The first-order valence-corrected chi connectivity index (χ1v) is 8.14. The smallest absolute Gasteiger partial charge is 0.222 e. The standard InChI is InChI=1S/C17H23ClN4O2/c1-17(2,19)13-10-21-16(12-9-20-14(18)8-11(12)13)24-7-5-6-15(23)22(3)4/h8-10H,5-7,19H2,1-4H3. The third kappa shape index (κ3) is 4.33. The van der Waals surface area contributed by atoms with E-state index in [1.165, 1.54) is 0 Å². The van der Waals surface area contributed by atoms with E-state index >= 15 is 0 Å². The normalized spacial score (nSPS) is 11.6. The number of hydrogen-bond acceptors (Lipinski definition) is 5. The van der Waals surface area contributed by atoms with Crippen LogP contribution in [0.2, 0.25) is 5.15 Å². The number of ether oxygens (including phenoxy) is 1. The van der Waals surface area contributed by atoms with Gasteiger partial charge in [-0.3, -0.25) is 4.79 Å². The molecule has 1 amide bonds. The highest BCUT2D eigenvalue weighted by atomic mass is 35.5. The predicted octanol–water partition coefficient (Wildman–Crippen LogP) is 2.72. The molecule has 130 valence electrons. The molecule has 2 heterocycles. The second-order valence-corrected chi connectivity index (χ2v) is 6.88. The summed E-state index contributed by atoms with van der Waals surface area (Å²) in [5.41, 5.74) is 6.53. The van der Waals surface area contributed by atoms with Crippen molar-refractivity contribution in [3.8, 4) is 5.88 Å². The molecule has 0 unspecified atom stereocenters. The number of aromatic nitrogens is 2. The molecule has 7 heteroatoms. The quantitative estimate of drug-likeness (QED) is 0.640. The van der Waals surface area contributed by atoms with Gasteiger partial charge in [0.1, 0.15) is 5.15 Å². The van der Waals surface area contributed by atoms with E-state index in [-0.39, 0.29) is 5.91 Å². The molecular formula is C17H23ClN4O2. The van der Waals surface area contributed by atoms with E-state index in [0.717, 1.165) is 16.3 Å². The molecule has 6 nitrogen and oxygen atoms in total. The van der Waals surface area contributed by atoms with E-state index in [4.69, 9.17) is 22.1 Å². The molecule has 0 aliphatic carbocycles. The van der Waals surface area contributed by atoms with Crippen LogP contribution in [0.5, 0.6) is 5.88 Å². The number of rotatable bonds is 6. The monoisotopic (exact) mass is 350 g/mol. The van der Waals surface area contributed by atoms with Gasteiger partial charge < -0.3 is 15.4 Å². The molecule has 0 aliphatic heterocycles. The number of carbonyl (C=O) groups excluding carboxylic acids is 1. The molecule has 2 aromatic rings. The van der Waals surface area contributed by atoms with Crippen LogP contribution in [0, 0.1) is 0 Å². The zero-order chi connectivity index (χ0) is 17.9. The highest BCUT2D eigenvalue weighted by Crippen LogP contribution is 2.32. The number of hydrogen-bond donors (Lipinski definition) is 1. The number of amides is 1. The average Bonchev–Trinajstić information content (AvgIpc) is 2.49. The molecule has 2 aromatic heterocycles. The number of halogens is 1. The Balaban J connectivity index is 2.21. The van der Waals surface area contributed by atoms with Gasteiger partial charge in [-0.05, 0) is 37.3 Å². The molecule has 0 aliphatic rings. The van der Waals surface area contributed by atoms with Crippen LogP contribution in [0.25, 0.3) is 10.8 Å². The molecular weight excluding hydrogens is 328 g/mol. The Morgan fingerprint density at radius 1 is 1.29 bits per heavy atom. The molecule has 0 saturated carbocycles. The SMILES string of the molecule is CN(C)C(=O)CCCOc1ncc(C(C)(C)N)c2cc(Cl)ncc12. The number of nitrogens with zero attached hydrogens (tertiary/aromatic N) is 3. The van der Waals surface area contributed by atoms with Crippen molar-refractivity contribution in [2.24, 2.45) is 5.73 Å². The minimum atomic E-state index is -0.563. The number of pyridine rings is 2. The van der Waals surface area contributed by atoms with Gasteiger partial charge >= 0.3 is 0 Å². The summed E-state index contributed by atoms with van der Waals surface area (Å²) in [6.07, 6.45) is 4.40. The fraction of sp³-hybridized carbons (Fsp3) is 0.471. The predicted molar refractivity (Wildman–Crippen MR) is 95.2 cm³/mol. The average molecular weight is 351 g/mol. The lowest BCUT2D eigenvalue weighted by molar-refractivity contribution is -0.128. The molecule has 0 atom stereocenters. The van der Waals surface area contributed by atoms with Crippen LogP contribution in [-0.4, -0.2) is 41.5 Å². The van der Waals surface area contributed by atoms with Crippen molar-refractivity contribution in [2.45, 2.75) is 32.2 Å². The van der Waals surface area contributed by atoms with E-state index in [1.54, 1.807) is 37.5 Å². The summed E-state index contributed by atoms with van der Waals surface area (Å²) in [5.74, 6) is 0.546. The van der Waals surface area contributed by atoms with Gasteiger partial charge in [-0.25, -0.2) is 9.97 Å². The van der Waals surface area contributed by atoms with Gasteiger partial charge in [-0.15, -0.1) is 0 Å². The van der Waals surface area contributed by atoms with Crippen molar-refractivity contribution in [2.75, 3.05) is 20.7 Å². The van der Waals surface area contributed by atoms with Gasteiger partial charge in [0.05, 0.1) is 12.0 Å². The Hall–Kier alpha value is -1.92. The first kappa shape index (κ1) is 18.4. The van der Waals surface area contributed by atoms with Crippen molar-refractivity contribution in [1.82, 2.24) is 14.9 Å². The summed E-state index contributed by atoms with van der Waals surface area (Å²) >= 11 is 6.03. The van der Waals surface area contributed by atoms with Crippen molar-refractivity contribution in [3.63, 3.8) is 0 Å². The summed E-state index contributed by atoms with van der Waals surface area (Å²) in [6.45, 7) is 4.21. The van der Waals surface area contributed by atoms with Crippen molar-refractivity contribution in [3.05, 3.63) is 29.2 Å². The Kier molecular flexibility index (Phi) is 5.62. The lowest BCUT2D eigenvalue weighted by Crippen LogP contribution is -2.29. The summed E-state index contributed by atoms with van der Waals surface area (Å²) in [7, 11) is 3.47. The van der Waals surface area contributed by atoms with Gasteiger partial charge in [0.2, 0.25) is 11.8 Å². The van der Waals surface area contributed by atoms with Gasteiger partial charge in [0.15, 0.2) is 0 Å². The summed E-state index contributed by atoms with van der Waals surface area (Å²) in [5, 5.41) is 2.02. The molecule has 0 aromatic carbocycles. The van der Waals surface area contributed by atoms with E-state index in [9.17, 15) is 4.79 Å². The fourth-order valence-corrected chi connectivity index (χ4v) is 2.49. The topological polar surface area (TPSA) is 81.3 Å². The number of nitrogens with two attached hydrogens (primary N) is 1. The Morgan fingerprint density at radius 2 is 2.00 bits per heavy atom. The van der Waals surface area contributed by atoms with Crippen LogP contribution in [0.3, 0.4) is 0 Å².